The average molecular weight is 342 g/mol. The molecule has 134 valence electrons. The van der Waals surface area contributed by atoms with Gasteiger partial charge in [-0.25, -0.2) is 14.6 Å². The molecule has 25 heavy (non-hydrogen) atoms. The lowest BCUT2D eigenvalue weighted by atomic mass is 9.90. The van der Waals surface area contributed by atoms with E-state index in [1.807, 2.05) is 9.58 Å². The number of nitrogens with two attached hydrogens (primary N) is 1. The molecule has 1 amide bonds. The molecule has 2 unspecified atom stereocenters. The number of amides is 1. The Balaban J connectivity index is 2.11. The first-order valence-corrected chi connectivity index (χ1v) is 8.63. The molecule has 7 nitrogen and oxygen atoms in total. The fourth-order valence-electron chi connectivity index (χ4n) is 3.58. The summed E-state index contributed by atoms with van der Waals surface area (Å²) in [7, 11) is 0. The molecule has 1 aliphatic heterocycles. The van der Waals surface area contributed by atoms with E-state index >= 15 is 0 Å². The van der Waals surface area contributed by atoms with Crippen molar-refractivity contribution >= 4 is 22.8 Å². The smallest absolute Gasteiger partial charge is 0.246 e. The van der Waals surface area contributed by atoms with Crippen molar-refractivity contribution in [1.82, 2.24) is 24.6 Å². The van der Waals surface area contributed by atoms with Crippen LogP contribution in [0.15, 0.2) is 19.0 Å². The van der Waals surface area contributed by atoms with Gasteiger partial charge in [-0.15, -0.1) is 0 Å². The zero-order valence-corrected chi connectivity index (χ0v) is 15.4. The molecule has 2 aromatic rings. The molecule has 1 saturated heterocycles. The summed E-state index contributed by atoms with van der Waals surface area (Å²) in [5.41, 5.74) is 7.59. The highest BCUT2D eigenvalue weighted by atomic mass is 16.2. The molecule has 0 bridgehead atoms. The highest BCUT2D eigenvalue weighted by Gasteiger charge is 2.32. The molecular weight excluding hydrogens is 316 g/mol. The first-order valence-electron chi connectivity index (χ1n) is 8.63. The van der Waals surface area contributed by atoms with Gasteiger partial charge in [0.2, 0.25) is 5.91 Å². The second-order valence-electron chi connectivity index (χ2n) is 7.94. The van der Waals surface area contributed by atoms with Crippen LogP contribution in [0.2, 0.25) is 0 Å². The normalized spacial score (nSPS) is 21.5. The summed E-state index contributed by atoms with van der Waals surface area (Å²) in [6.07, 6.45) is 3.78. The molecule has 3 rings (SSSR count). The first kappa shape index (κ1) is 17.4. The Kier molecular flexibility index (Phi) is 4.26. The van der Waals surface area contributed by atoms with Gasteiger partial charge >= 0.3 is 0 Å². The average Bonchev–Trinajstić information content (AvgIpc) is 2.95. The van der Waals surface area contributed by atoms with Crippen molar-refractivity contribution in [3.63, 3.8) is 0 Å². The first-order chi connectivity index (χ1) is 11.7. The van der Waals surface area contributed by atoms with Crippen LogP contribution in [-0.2, 0) is 10.2 Å². The van der Waals surface area contributed by atoms with Gasteiger partial charge in [-0.05, 0) is 18.4 Å². The molecule has 7 heteroatoms. The number of carbonyl (C=O) groups excluding carboxylic acids is 1. The number of hydrogen-bond donors (Lipinski definition) is 1. The monoisotopic (exact) mass is 342 g/mol. The lowest BCUT2D eigenvalue weighted by molar-refractivity contribution is -0.128. The highest BCUT2D eigenvalue weighted by molar-refractivity contribution is 5.89. The van der Waals surface area contributed by atoms with Gasteiger partial charge in [0.25, 0.3) is 0 Å². The minimum Gasteiger partial charge on any atom is -0.383 e. The Bertz CT molecular complexity index is 819. The standard InChI is InChI=1S/C18H26N6O/c1-6-13(25)23-8-11(2)7-12(9-23)24-17-14(16(19)20-10-21-17)15(22-24)18(3,4)5/h6,10-12H,1,7-9H2,2-5H3,(H2,19,20,21). The van der Waals surface area contributed by atoms with Crippen molar-refractivity contribution in [3.05, 3.63) is 24.7 Å². The molecule has 0 aliphatic carbocycles. The Morgan fingerprint density at radius 2 is 2.08 bits per heavy atom. The molecule has 0 saturated carbocycles. The third-order valence-electron chi connectivity index (χ3n) is 4.70. The molecular formula is C18H26N6O. The minimum atomic E-state index is -0.181. The minimum absolute atomic E-state index is 0.0433. The van der Waals surface area contributed by atoms with E-state index in [0.29, 0.717) is 18.3 Å². The number of hydrogen-bond acceptors (Lipinski definition) is 5. The summed E-state index contributed by atoms with van der Waals surface area (Å²) < 4.78 is 1.94. The van der Waals surface area contributed by atoms with Gasteiger partial charge in [0.1, 0.15) is 12.1 Å². The largest absolute Gasteiger partial charge is 0.383 e. The summed E-state index contributed by atoms with van der Waals surface area (Å²) in [5.74, 6) is 0.779. The number of rotatable bonds is 2. The van der Waals surface area contributed by atoms with E-state index in [1.54, 1.807) is 0 Å². The van der Waals surface area contributed by atoms with Crippen LogP contribution in [0.3, 0.4) is 0 Å². The maximum absolute atomic E-state index is 12.1. The van der Waals surface area contributed by atoms with Gasteiger partial charge in [-0.3, -0.25) is 4.79 Å². The van der Waals surface area contributed by atoms with Gasteiger partial charge in [-0.2, -0.15) is 5.10 Å². The fraction of sp³-hybridized carbons (Fsp3) is 0.556. The Labute approximate surface area is 147 Å². The van der Waals surface area contributed by atoms with E-state index in [-0.39, 0.29) is 17.4 Å². The molecule has 0 spiro atoms. The SMILES string of the molecule is C=CC(=O)N1CC(C)CC(n2nc(C(C)(C)C)c3c(N)ncnc32)C1. The van der Waals surface area contributed by atoms with Gasteiger partial charge in [0, 0.05) is 18.5 Å². The number of aromatic nitrogens is 4. The van der Waals surface area contributed by atoms with Crippen LogP contribution in [0.4, 0.5) is 5.82 Å². The zero-order valence-electron chi connectivity index (χ0n) is 15.4. The molecule has 3 heterocycles. The number of piperidine rings is 1. The number of nitrogens with zero attached hydrogens (tertiary/aromatic N) is 5. The topological polar surface area (TPSA) is 89.9 Å². The van der Waals surface area contributed by atoms with E-state index in [4.69, 9.17) is 10.8 Å². The van der Waals surface area contributed by atoms with Gasteiger partial charge in [0.15, 0.2) is 5.65 Å². The van der Waals surface area contributed by atoms with Crippen LogP contribution in [0.1, 0.15) is 45.9 Å². The fourth-order valence-corrected chi connectivity index (χ4v) is 3.58. The molecule has 2 aromatic heterocycles. The number of likely N-dealkylation sites (tertiary alicyclic amines) is 1. The third kappa shape index (κ3) is 3.10. The third-order valence-corrected chi connectivity index (χ3v) is 4.70. The number of nitrogen functional groups attached to an aromatic ring is 1. The van der Waals surface area contributed by atoms with Gasteiger partial charge in [0.05, 0.1) is 17.1 Å². The predicted octanol–water partition coefficient (Wildman–Crippen LogP) is 2.30. The van der Waals surface area contributed by atoms with E-state index in [9.17, 15) is 4.79 Å². The Morgan fingerprint density at radius 3 is 2.72 bits per heavy atom. The maximum Gasteiger partial charge on any atom is 0.246 e. The maximum atomic E-state index is 12.1. The molecule has 0 aromatic carbocycles. The summed E-state index contributed by atoms with van der Waals surface area (Å²) in [4.78, 5) is 22.5. The lowest BCUT2D eigenvalue weighted by Gasteiger charge is -2.36. The summed E-state index contributed by atoms with van der Waals surface area (Å²) in [6, 6.07) is 0.0561. The second kappa shape index (κ2) is 6.13. The zero-order chi connectivity index (χ0) is 18.4. The van der Waals surface area contributed by atoms with Crippen molar-refractivity contribution in [3.8, 4) is 0 Å². The van der Waals surface area contributed by atoms with Gasteiger partial charge in [-0.1, -0.05) is 34.3 Å². The van der Waals surface area contributed by atoms with Crippen molar-refractivity contribution in [2.24, 2.45) is 5.92 Å². The van der Waals surface area contributed by atoms with Crippen LogP contribution >= 0.6 is 0 Å². The quantitative estimate of drug-likeness (QED) is 0.846. The Morgan fingerprint density at radius 1 is 1.36 bits per heavy atom. The van der Waals surface area contributed by atoms with Crippen molar-refractivity contribution in [2.75, 3.05) is 18.8 Å². The van der Waals surface area contributed by atoms with E-state index in [0.717, 1.165) is 29.7 Å². The van der Waals surface area contributed by atoms with Crippen LogP contribution in [0.5, 0.6) is 0 Å². The van der Waals surface area contributed by atoms with Crippen molar-refractivity contribution < 1.29 is 4.79 Å². The lowest BCUT2D eigenvalue weighted by Crippen LogP contribution is -2.43. The number of fused-ring (bicyclic) bond motifs is 1. The highest BCUT2D eigenvalue weighted by Crippen LogP contribution is 2.35. The van der Waals surface area contributed by atoms with Crippen LogP contribution in [0.25, 0.3) is 11.0 Å². The van der Waals surface area contributed by atoms with Crippen LogP contribution in [-0.4, -0.2) is 43.6 Å². The molecule has 2 atom stereocenters. The van der Waals surface area contributed by atoms with Gasteiger partial charge < -0.3 is 10.6 Å². The van der Waals surface area contributed by atoms with Crippen LogP contribution < -0.4 is 5.73 Å². The Hall–Kier alpha value is -2.44. The van der Waals surface area contributed by atoms with Crippen molar-refractivity contribution in [2.45, 2.75) is 45.6 Å². The van der Waals surface area contributed by atoms with E-state index < -0.39 is 0 Å². The molecule has 0 radical (unpaired) electrons. The van der Waals surface area contributed by atoms with E-state index in [2.05, 4.69) is 44.2 Å². The molecule has 1 fully saturated rings. The summed E-state index contributed by atoms with van der Waals surface area (Å²) in [6.45, 7) is 13.4. The predicted molar refractivity (Wildman–Crippen MR) is 98.0 cm³/mol. The van der Waals surface area contributed by atoms with Crippen LogP contribution in [0, 0.1) is 5.92 Å². The molecule has 1 aliphatic rings. The number of carbonyl (C=O) groups is 1. The molecule has 2 N–H and O–H groups in total. The van der Waals surface area contributed by atoms with Crippen molar-refractivity contribution in [1.29, 1.82) is 0 Å². The second-order valence-corrected chi connectivity index (χ2v) is 7.94. The van der Waals surface area contributed by atoms with E-state index in [1.165, 1.54) is 12.4 Å². The number of anilines is 1. The summed E-state index contributed by atoms with van der Waals surface area (Å²) >= 11 is 0. The summed E-state index contributed by atoms with van der Waals surface area (Å²) in [5, 5.41) is 5.68.